The molecule has 0 aromatic heterocycles. The van der Waals surface area contributed by atoms with Crippen molar-refractivity contribution in [3.05, 3.63) is 92.7 Å². The minimum Gasteiger partial charge on any atom is -0.347 e. The molecule has 12 nitrogen and oxygen atoms in total. The number of azide groups is 2. The maximum Gasteiger partial charge on any atom is 0.251 e. The van der Waals surface area contributed by atoms with Gasteiger partial charge >= 0.3 is 0 Å². The van der Waals surface area contributed by atoms with E-state index in [0.717, 1.165) is 5.56 Å². The molecule has 1 heterocycles. The molecule has 2 N–H and O–H groups in total. The number of amides is 2. The van der Waals surface area contributed by atoms with Crippen LogP contribution >= 0.6 is 0 Å². The summed E-state index contributed by atoms with van der Waals surface area (Å²) in [5.41, 5.74) is 19.2. The first-order valence-electron chi connectivity index (χ1n) is 10.5. The van der Waals surface area contributed by atoms with Crippen molar-refractivity contribution in [2.24, 2.45) is 10.2 Å². The van der Waals surface area contributed by atoms with Gasteiger partial charge in [0.1, 0.15) is 6.04 Å². The number of nitrogens with one attached hydrogen (secondary N) is 2. The third-order valence-electron chi connectivity index (χ3n) is 5.21. The Kier molecular flexibility index (Phi) is 8.84. The van der Waals surface area contributed by atoms with Crippen LogP contribution in [0.4, 0.5) is 0 Å². The van der Waals surface area contributed by atoms with Crippen molar-refractivity contribution in [2.75, 3.05) is 6.54 Å². The van der Waals surface area contributed by atoms with Gasteiger partial charge in [-0.2, -0.15) is 0 Å². The molecule has 34 heavy (non-hydrogen) atoms. The van der Waals surface area contributed by atoms with Crippen LogP contribution in [-0.4, -0.2) is 48.9 Å². The van der Waals surface area contributed by atoms with E-state index in [1.54, 1.807) is 30.3 Å². The van der Waals surface area contributed by atoms with Gasteiger partial charge in [0, 0.05) is 22.3 Å². The van der Waals surface area contributed by atoms with Crippen LogP contribution in [0.15, 0.2) is 70.9 Å². The lowest BCUT2D eigenvalue weighted by molar-refractivity contribution is -0.221. The second kappa shape index (κ2) is 12.2. The van der Waals surface area contributed by atoms with E-state index in [9.17, 15) is 15.1 Å². The predicted octanol–water partition coefficient (Wildman–Crippen LogP) is 3.22. The average molecular weight is 464 g/mol. The van der Waals surface area contributed by atoms with Crippen LogP contribution in [0.2, 0.25) is 0 Å². The number of carbonyl (C=O) groups excluding carboxylic acids is 2. The third-order valence-corrected chi connectivity index (χ3v) is 5.21. The first kappa shape index (κ1) is 24.6. The standard InChI is InChI=1S/C22H24N8O4/c1-14(31)26-20-19(27-21(32)16-10-6-3-7-11-16)18(28-30-24)17(12-25-29-23)34-22(20)33-13-15-8-4-2-5-9-15/h2-11,17-20,22H,12-13H2,1H3,(H,26,31)(H,27,32)/t17-,18+,19-,20-,22-/m1/s1. The first-order chi connectivity index (χ1) is 16.5. The second-order valence-electron chi connectivity index (χ2n) is 7.54. The molecule has 2 aromatic carbocycles. The second-order valence-corrected chi connectivity index (χ2v) is 7.54. The van der Waals surface area contributed by atoms with Crippen molar-refractivity contribution in [2.45, 2.75) is 44.1 Å². The zero-order valence-electron chi connectivity index (χ0n) is 18.4. The minimum absolute atomic E-state index is 0.154. The van der Waals surface area contributed by atoms with E-state index in [1.807, 2.05) is 30.3 Å². The molecular formula is C22H24N8O4. The summed E-state index contributed by atoms with van der Waals surface area (Å²) in [7, 11) is 0. The Labute approximate surface area is 195 Å². The van der Waals surface area contributed by atoms with E-state index in [0.29, 0.717) is 5.56 Å². The van der Waals surface area contributed by atoms with E-state index in [4.69, 9.17) is 15.0 Å². The summed E-state index contributed by atoms with van der Waals surface area (Å²) < 4.78 is 12.0. The number of benzene rings is 2. The summed E-state index contributed by atoms with van der Waals surface area (Å²) in [5, 5.41) is 13.0. The first-order valence-corrected chi connectivity index (χ1v) is 10.5. The van der Waals surface area contributed by atoms with Crippen LogP contribution in [0.1, 0.15) is 22.8 Å². The summed E-state index contributed by atoms with van der Waals surface area (Å²) in [6.07, 6.45) is -1.94. The van der Waals surface area contributed by atoms with Crippen molar-refractivity contribution in [3.8, 4) is 0 Å². The Balaban J connectivity index is 1.95. The molecule has 5 atom stereocenters. The summed E-state index contributed by atoms with van der Waals surface area (Å²) in [6, 6.07) is 15.0. The van der Waals surface area contributed by atoms with Crippen LogP contribution in [0.3, 0.4) is 0 Å². The van der Waals surface area contributed by atoms with Crippen molar-refractivity contribution < 1.29 is 19.1 Å². The van der Waals surface area contributed by atoms with Crippen molar-refractivity contribution in [3.63, 3.8) is 0 Å². The van der Waals surface area contributed by atoms with Gasteiger partial charge in [0.15, 0.2) is 6.29 Å². The molecule has 3 rings (SSSR count). The van der Waals surface area contributed by atoms with Gasteiger partial charge in [0.25, 0.3) is 5.91 Å². The number of rotatable bonds is 9. The van der Waals surface area contributed by atoms with Gasteiger partial charge < -0.3 is 20.1 Å². The SMILES string of the molecule is CC(=O)N[C@H]1[C@H](OCc2ccccc2)O[C@H](CN=[N+]=[N-])[C@H](N=[N+]=[N-])[C@H]1NC(=O)c1ccccc1. The molecular weight excluding hydrogens is 440 g/mol. The fourth-order valence-corrected chi connectivity index (χ4v) is 3.71. The van der Waals surface area contributed by atoms with E-state index in [-0.39, 0.29) is 13.2 Å². The quantitative estimate of drug-likeness (QED) is 0.329. The van der Waals surface area contributed by atoms with Gasteiger partial charge in [-0.15, -0.1) is 0 Å². The van der Waals surface area contributed by atoms with Gasteiger partial charge in [0.2, 0.25) is 5.91 Å². The topological polar surface area (TPSA) is 174 Å². The lowest BCUT2D eigenvalue weighted by Gasteiger charge is -2.45. The number of hydrogen-bond donors (Lipinski definition) is 2. The largest absolute Gasteiger partial charge is 0.347 e. The maximum absolute atomic E-state index is 13.0. The summed E-state index contributed by atoms with van der Waals surface area (Å²) in [4.78, 5) is 30.7. The fraction of sp³-hybridized carbons (Fsp3) is 0.364. The van der Waals surface area contributed by atoms with E-state index in [1.165, 1.54) is 6.92 Å². The van der Waals surface area contributed by atoms with Gasteiger partial charge in [0.05, 0.1) is 31.3 Å². The third kappa shape index (κ3) is 6.47. The molecule has 0 spiro atoms. The van der Waals surface area contributed by atoms with Crippen molar-refractivity contribution in [1.82, 2.24) is 10.6 Å². The Morgan fingerprint density at radius 3 is 2.29 bits per heavy atom. The molecule has 12 heteroatoms. The highest BCUT2D eigenvalue weighted by Crippen LogP contribution is 2.26. The Morgan fingerprint density at radius 2 is 1.68 bits per heavy atom. The summed E-state index contributed by atoms with van der Waals surface area (Å²) >= 11 is 0. The summed E-state index contributed by atoms with van der Waals surface area (Å²) in [5.74, 6) is -0.834. The van der Waals surface area contributed by atoms with Crippen LogP contribution < -0.4 is 10.6 Å². The Morgan fingerprint density at radius 1 is 1.00 bits per heavy atom. The molecule has 1 saturated heterocycles. The smallest absolute Gasteiger partial charge is 0.251 e. The highest BCUT2D eigenvalue weighted by atomic mass is 16.7. The highest BCUT2D eigenvalue weighted by Gasteiger charge is 2.47. The molecule has 0 saturated carbocycles. The van der Waals surface area contributed by atoms with Crippen LogP contribution in [0, 0.1) is 0 Å². The molecule has 0 radical (unpaired) electrons. The van der Waals surface area contributed by atoms with Crippen molar-refractivity contribution >= 4 is 11.8 Å². The van der Waals surface area contributed by atoms with Gasteiger partial charge in [-0.1, -0.05) is 58.8 Å². The maximum atomic E-state index is 13.0. The Hall–Kier alpha value is -4.08. The zero-order valence-corrected chi connectivity index (χ0v) is 18.4. The number of hydrogen-bond acceptors (Lipinski definition) is 6. The van der Waals surface area contributed by atoms with Crippen LogP contribution in [0.25, 0.3) is 20.9 Å². The molecule has 1 fully saturated rings. The number of nitrogens with zero attached hydrogens (tertiary/aromatic N) is 6. The molecule has 1 aliphatic heterocycles. The number of carbonyl (C=O) groups is 2. The molecule has 0 aliphatic carbocycles. The molecule has 0 bridgehead atoms. The Bertz CT molecular complexity index is 1070. The van der Waals surface area contributed by atoms with Gasteiger partial charge in [-0.25, -0.2) is 0 Å². The van der Waals surface area contributed by atoms with Crippen molar-refractivity contribution in [1.29, 1.82) is 0 Å². The predicted molar refractivity (Wildman–Crippen MR) is 122 cm³/mol. The summed E-state index contributed by atoms with van der Waals surface area (Å²) in [6.45, 7) is 1.30. The molecule has 2 aromatic rings. The molecule has 176 valence electrons. The lowest BCUT2D eigenvalue weighted by atomic mass is 9.91. The van der Waals surface area contributed by atoms with E-state index in [2.05, 4.69) is 30.7 Å². The fourth-order valence-electron chi connectivity index (χ4n) is 3.71. The lowest BCUT2D eigenvalue weighted by Crippen LogP contribution is -2.68. The molecule has 1 aliphatic rings. The van der Waals surface area contributed by atoms with Gasteiger partial charge in [-0.05, 0) is 28.8 Å². The average Bonchev–Trinajstić information content (AvgIpc) is 2.85. The molecule has 2 amide bonds. The van der Waals surface area contributed by atoms with Gasteiger partial charge in [-0.3, -0.25) is 9.59 Å². The highest BCUT2D eigenvalue weighted by molar-refractivity contribution is 5.94. The normalized spacial score (nSPS) is 23.6. The monoisotopic (exact) mass is 464 g/mol. The minimum atomic E-state index is -1.03. The van der Waals surface area contributed by atoms with Crippen LogP contribution in [0.5, 0.6) is 0 Å². The zero-order chi connectivity index (χ0) is 24.3. The molecule has 0 unspecified atom stereocenters. The number of ether oxygens (including phenoxy) is 2. The van der Waals surface area contributed by atoms with E-state index >= 15 is 0 Å². The van der Waals surface area contributed by atoms with Crippen LogP contribution in [-0.2, 0) is 20.9 Å². The van der Waals surface area contributed by atoms with E-state index < -0.39 is 42.3 Å².